The fourth-order valence-corrected chi connectivity index (χ4v) is 0.686. The van der Waals surface area contributed by atoms with Crippen LogP contribution in [0.15, 0.2) is 25.0 Å². The molecule has 5 heteroatoms. The van der Waals surface area contributed by atoms with Crippen molar-refractivity contribution in [2.24, 2.45) is 0 Å². The first kappa shape index (κ1) is 19.1. The van der Waals surface area contributed by atoms with Gasteiger partial charge in [-0.3, -0.25) is 0 Å². The van der Waals surface area contributed by atoms with Gasteiger partial charge in [-0.05, 0) is 20.3 Å². The predicted octanol–water partition coefficient (Wildman–Crippen LogP) is 1.84. The molecule has 0 spiro atoms. The zero-order valence-corrected chi connectivity index (χ0v) is 11.4. The first-order valence-electron chi connectivity index (χ1n) is 5.81. The molecule has 106 valence electrons. The lowest BCUT2D eigenvalue weighted by Gasteiger charge is -1.96. The lowest BCUT2D eigenvalue weighted by molar-refractivity contribution is -0.137. The maximum atomic E-state index is 10.7. The molecule has 0 aliphatic heterocycles. The van der Waals surface area contributed by atoms with Crippen LogP contribution < -0.4 is 0 Å². The molecule has 0 saturated carbocycles. The third kappa shape index (κ3) is 18.3. The third-order valence-corrected chi connectivity index (χ3v) is 1.42. The Morgan fingerprint density at radius 2 is 1.89 bits per heavy atom. The van der Waals surface area contributed by atoms with Gasteiger partial charge in [-0.1, -0.05) is 6.08 Å². The highest BCUT2D eigenvalue weighted by atomic mass is 16.5. The van der Waals surface area contributed by atoms with E-state index in [2.05, 4.69) is 22.5 Å². The van der Waals surface area contributed by atoms with Gasteiger partial charge in [-0.2, -0.15) is 0 Å². The smallest absolute Gasteiger partial charge is 0.384 e. The maximum absolute atomic E-state index is 10.7. The van der Waals surface area contributed by atoms with Crippen molar-refractivity contribution in [3.63, 3.8) is 0 Å². The number of carbonyl (C=O) groups is 2. The Kier molecular flexibility index (Phi) is 15.9. The van der Waals surface area contributed by atoms with E-state index in [1.807, 2.05) is 0 Å². The van der Waals surface area contributed by atoms with Gasteiger partial charge >= 0.3 is 11.9 Å². The van der Waals surface area contributed by atoms with Crippen molar-refractivity contribution in [1.82, 2.24) is 0 Å². The fourth-order valence-electron chi connectivity index (χ4n) is 0.686. The van der Waals surface area contributed by atoms with Gasteiger partial charge in [0.2, 0.25) is 0 Å². The number of hydrogen-bond donors (Lipinski definition) is 0. The molecule has 0 radical (unpaired) electrons. The minimum atomic E-state index is -0.595. The van der Waals surface area contributed by atoms with Gasteiger partial charge in [0.05, 0.1) is 32.2 Å². The molecule has 0 amide bonds. The van der Waals surface area contributed by atoms with E-state index < -0.39 is 5.97 Å². The van der Waals surface area contributed by atoms with E-state index in [4.69, 9.17) is 4.74 Å². The summed E-state index contributed by atoms with van der Waals surface area (Å²) in [7, 11) is 0. The number of hydrogen-bond acceptors (Lipinski definition) is 5. The lowest BCUT2D eigenvalue weighted by Crippen LogP contribution is -1.99. The summed E-state index contributed by atoms with van der Waals surface area (Å²) >= 11 is 0. The molecule has 0 aromatic heterocycles. The van der Waals surface area contributed by atoms with Crippen molar-refractivity contribution in [2.45, 2.75) is 20.3 Å². The highest BCUT2D eigenvalue weighted by Crippen LogP contribution is 1.86. The normalized spacial score (nSPS) is 8.68. The van der Waals surface area contributed by atoms with Crippen LogP contribution in [-0.4, -0.2) is 31.8 Å². The number of ether oxygens (including phenoxy) is 3. The molecule has 0 N–H and O–H groups in total. The summed E-state index contributed by atoms with van der Waals surface area (Å²) in [6.07, 6.45) is 9.74. The zero-order chi connectivity index (χ0) is 14.9. The molecule has 0 bridgehead atoms. The zero-order valence-electron chi connectivity index (χ0n) is 11.4. The molecule has 0 atom stereocenters. The molecule has 0 aliphatic rings. The van der Waals surface area contributed by atoms with E-state index in [-0.39, 0.29) is 5.97 Å². The third-order valence-electron chi connectivity index (χ3n) is 1.42. The van der Waals surface area contributed by atoms with Gasteiger partial charge in [-0.15, -0.1) is 13.0 Å². The quantitative estimate of drug-likeness (QED) is 0.134. The van der Waals surface area contributed by atoms with Crippen LogP contribution in [0.3, 0.4) is 0 Å². The SMILES string of the molecule is C#CC(=O)OCC.C=CCCO/C=C/C(=O)OCC. The predicted molar refractivity (Wildman–Crippen MR) is 72.0 cm³/mol. The van der Waals surface area contributed by atoms with E-state index in [1.165, 1.54) is 12.3 Å². The topological polar surface area (TPSA) is 61.8 Å². The summed E-state index contributed by atoms with van der Waals surface area (Å²) in [6.45, 7) is 8.26. The molecule has 0 saturated heterocycles. The second-order valence-corrected chi connectivity index (χ2v) is 2.87. The molecule has 0 fully saturated rings. The number of terminal acetylenes is 1. The van der Waals surface area contributed by atoms with E-state index >= 15 is 0 Å². The molecule has 0 aliphatic carbocycles. The van der Waals surface area contributed by atoms with Crippen LogP contribution in [0.2, 0.25) is 0 Å². The summed E-state index contributed by atoms with van der Waals surface area (Å²) in [5, 5.41) is 0. The van der Waals surface area contributed by atoms with Crippen molar-refractivity contribution >= 4 is 11.9 Å². The lowest BCUT2D eigenvalue weighted by atomic mass is 10.5. The highest BCUT2D eigenvalue weighted by Gasteiger charge is 1.91. The molecule has 19 heavy (non-hydrogen) atoms. The standard InChI is InChI=1S/C9H14O3.C5H6O2/c1-3-5-7-11-8-6-9(10)12-4-2;1-3-5(6)7-4-2/h3,6,8H,1,4-5,7H2,2H3;1H,4H2,2H3/b8-6+;. The van der Waals surface area contributed by atoms with Crippen LogP contribution in [0.25, 0.3) is 0 Å². The summed E-state index contributed by atoms with van der Waals surface area (Å²) in [5.74, 6) is 0.831. The van der Waals surface area contributed by atoms with E-state index in [0.717, 1.165) is 6.42 Å². The van der Waals surface area contributed by atoms with Crippen molar-refractivity contribution < 1.29 is 23.8 Å². The minimum absolute atomic E-state index is 0.350. The van der Waals surface area contributed by atoms with Crippen LogP contribution in [0.4, 0.5) is 0 Å². The first-order chi connectivity index (χ1) is 9.12. The Morgan fingerprint density at radius 1 is 1.26 bits per heavy atom. The summed E-state index contributed by atoms with van der Waals surface area (Å²) in [6, 6.07) is 0. The molecule has 0 heterocycles. The van der Waals surface area contributed by atoms with Gasteiger partial charge in [-0.25, -0.2) is 9.59 Å². The number of carbonyl (C=O) groups excluding carboxylic acids is 2. The average Bonchev–Trinajstić information content (AvgIpc) is 2.40. The van der Waals surface area contributed by atoms with Gasteiger partial charge < -0.3 is 14.2 Å². The summed E-state index contributed by atoms with van der Waals surface area (Å²) < 4.78 is 13.9. The molecule has 5 nitrogen and oxygen atoms in total. The van der Waals surface area contributed by atoms with Crippen LogP contribution in [0, 0.1) is 12.3 Å². The van der Waals surface area contributed by atoms with Crippen molar-refractivity contribution in [3.8, 4) is 12.3 Å². The number of rotatable bonds is 7. The molecular weight excluding hydrogens is 248 g/mol. The molecule has 0 aromatic rings. The van der Waals surface area contributed by atoms with Gasteiger partial charge in [0, 0.05) is 5.92 Å². The second kappa shape index (κ2) is 15.8. The molecule has 0 unspecified atom stereocenters. The van der Waals surface area contributed by atoms with E-state index in [1.54, 1.807) is 25.8 Å². The van der Waals surface area contributed by atoms with Crippen molar-refractivity contribution in [3.05, 3.63) is 25.0 Å². The average molecular weight is 268 g/mol. The Bertz CT molecular complexity index is 325. The van der Waals surface area contributed by atoms with Crippen LogP contribution in [-0.2, 0) is 23.8 Å². The monoisotopic (exact) mass is 268 g/mol. The Balaban J connectivity index is 0. The first-order valence-corrected chi connectivity index (χ1v) is 5.81. The summed E-state index contributed by atoms with van der Waals surface area (Å²) in [4.78, 5) is 20.6. The molecule has 0 aromatic carbocycles. The summed E-state index contributed by atoms with van der Waals surface area (Å²) in [5.41, 5.74) is 0. The van der Waals surface area contributed by atoms with E-state index in [0.29, 0.717) is 19.8 Å². The maximum Gasteiger partial charge on any atom is 0.384 e. The fraction of sp³-hybridized carbons (Fsp3) is 0.429. The largest absolute Gasteiger partial charge is 0.501 e. The Hall–Kier alpha value is -2.22. The van der Waals surface area contributed by atoms with Gasteiger partial charge in [0.1, 0.15) is 0 Å². The Morgan fingerprint density at radius 3 is 2.32 bits per heavy atom. The number of esters is 2. The van der Waals surface area contributed by atoms with Crippen LogP contribution in [0.5, 0.6) is 0 Å². The highest BCUT2D eigenvalue weighted by molar-refractivity contribution is 5.87. The van der Waals surface area contributed by atoms with Crippen LogP contribution >= 0.6 is 0 Å². The van der Waals surface area contributed by atoms with Crippen LogP contribution in [0.1, 0.15) is 20.3 Å². The van der Waals surface area contributed by atoms with Gasteiger partial charge in [0.25, 0.3) is 0 Å². The second-order valence-electron chi connectivity index (χ2n) is 2.87. The Labute approximate surface area is 114 Å². The van der Waals surface area contributed by atoms with Crippen molar-refractivity contribution in [1.29, 1.82) is 0 Å². The molecule has 0 rings (SSSR count). The molecular formula is C14H20O5. The van der Waals surface area contributed by atoms with Gasteiger partial charge in [0.15, 0.2) is 0 Å². The van der Waals surface area contributed by atoms with Crippen molar-refractivity contribution in [2.75, 3.05) is 19.8 Å². The minimum Gasteiger partial charge on any atom is -0.501 e. The van der Waals surface area contributed by atoms with E-state index in [9.17, 15) is 9.59 Å².